The number of hydrogen-bond acceptors (Lipinski definition) is 13. The fraction of sp³-hybridized carbons (Fsp3) is 0.478. The first-order chi connectivity index (χ1) is 31.5. The van der Waals surface area contributed by atoms with Crippen LogP contribution >= 0.6 is 22.9 Å². The van der Waals surface area contributed by atoms with Gasteiger partial charge in [-0.3, -0.25) is 38.8 Å². The molecule has 4 aliphatic rings. The summed E-state index contributed by atoms with van der Waals surface area (Å²) in [6, 6.07) is 11.4. The van der Waals surface area contributed by atoms with Crippen LogP contribution in [0.2, 0.25) is 5.02 Å². The standard InChI is InChI=1S/C46H53ClN8O9S/c1-26-27(2)65-46-39(26)41(29-7-9-30(47)10-8-29)50-34(42-53-52-28(3)54(42)46)25-38(57)48-15-17-61-19-21-63-23-24-64-22-20-62-18-16-49-43(58)32-11-12-35-40-31(32)5-4-6-33(40)45(60)55(35)36-13-14-37(56)51-44(36)59/h4-10,32,34-36H,11-25H2,1-3H3,(H,48,57)(H,49,58)(H,51,56,59)/t32?,34-,35?,36?/m0/s1. The molecule has 0 spiro atoms. The molecular weight excluding hydrogens is 876 g/mol. The van der Waals surface area contributed by atoms with Gasteiger partial charge in [0.05, 0.1) is 76.9 Å². The van der Waals surface area contributed by atoms with Crippen molar-refractivity contribution < 1.29 is 42.9 Å². The van der Waals surface area contributed by atoms with Crippen LogP contribution in [0, 0.1) is 20.8 Å². The van der Waals surface area contributed by atoms with Crippen molar-refractivity contribution in [3.8, 4) is 5.00 Å². The van der Waals surface area contributed by atoms with E-state index in [9.17, 15) is 24.0 Å². The Labute approximate surface area is 385 Å². The maximum absolute atomic E-state index is 13.4. The van der Waals surface area contributed by atoms with Crippen molar-refractivity contribution in [2.45, 2.75) is 76.9 Å². The van der Waals surface area contributed by atoms with Gasteiger partial charge >= 0.3 is 0 Å². The minimum absolute atomic E-state index is 0.0892. The molecule has 1 saturated heterocycles. The molecule has 1 fully saturated rings. The number of amides is 5. The van der Waals surface area contributed by atoms with E-state index < -0.39 is 23.9 Å². The third kappa shape index (κ3) is 10.1. The first-order valence-corrected chi connectivity index (χ1v) is 23.2. The second-order valence-corrected chi connectivity index (χ2v) is 18.0. The first kappa shape index (κ1) is 46.2. The highest BCUT2D eigenvalue weighted by atomic mass is 35.5. The van der Waals surface area contributed by atoms with E-state index in [2.05, 4.69) is 40.0 Å². The van der Waals surface area contributed by atoms with Crippen molar-refractivity contribution in [2.75, 3.05) is 65.9 Å². The van der Waals surface area contributed by atoms with Crippen LogP contribution in [0.15, 0.2) is 47.5 Å². The van der Waals surface area contributed by atoms with Gasteiger partial charge in [-0.25, -0.2) is 0 Å². The molecule has 3 N–H and O–H groups in total. The van der Waals surface area contributed by atoms with Gasteiger partial charge in [0.1, 0.15) is 22.9 Å². The Morgan fingerprint density at radius 1 is 0.831 bits per heavy atom. The topological polar surface area (TPSA) is 205 Å². The molecule has 344 valence electrons. The van der Waals surface area contributed by atoms with Gasteiger partial charge in [-0.05, 0) is 74.9 Å². The molecule has 3 unspecified atom stereocenters. The average molecular weight is 929 g/mol. The fourth-order valence-corrected chi connectivity index (χ4v) is 10.3. The van der Waals surface area contributed by atoms with E-state index in [1.54, 1.807) is 28.4 Å². The molecule has 5 amide bonds. The van der Waals surface area contributed by atoms with Crippen molar-refractivity contribution >= 4 is 58.2 Å². The molecule has 4 atom stereocenters. The number of benzene rings is 2. The van der Waals surface area contributed by atoms with Crippen LogP contribution < -0.4 is 16.0 Å². The molecule has 2 aromatic carbocycles. The summed E-state index contributed by atoms with van der Waals surface area (Å²) >= 11 is 7.88. The molecule has 8 rings (SSSR count). The van der Waals surface area contributed by atoms with E-state index in [-0.39, 0.29) is 42.5 Å². The van der Waals surface area contributed by atoms with Gasteiger partial charge in [-0.2, -0.15) is 0 Å². The number of fused-ring (bicyclic) bond motifs is 3. The van der Waals surface area contributed by atoms with Crippen LogP contribution in [-0.2, 0) is 38.1 Å². The van der Waals surface area contributed by atoms with Crippen molar-refractivity contribution in [1.29, 1.82) is 0 Å². The number of hydrogen-bond donors (Lipinski definition) is 3. The summed E-state index contributed by atoms with van der Waals surface area (Å²) in [5.41, 5.74) is 5.97. The van der Waals surface area contributed by atoms with Crippen LogP contribution in [0.25, 0.3) is 5.00 Å². The third-order valence-electron chi connectivity index (χ3n) is 12.2. The van der Waals surface area contributed by atoms with Gasteiger partial charge in [0.15, 0.2) is 5.82 Å². The Hall–Kier alpha value is -5.37. The minimum atomic E-state index is -0.706. The zero-order valence-electron chi connectivity index (χ0n) is 36.7. The van der Waals surface area contributed by atoms with Gasteiger partial charge in [-0.1, -0.05) is 35.9 Å². The number of thiophene rings is 1. The molecule has 0 saturated carbocycles. The Balaban J connectivity index is 0.676. The molecule has 4 aromatic rings. The number of halogens is 1. The van der Waals surface area contributed by atoms with Crippen LogP contribution in [-0.4, -0.2) is 127 Å². The molecule has 65 heavy (non-hydrogen) atoms. The Morgan fingerprint density at radius 2 is 1.51 bits per heavy atom. The van der Waals surface area contributed by atoms with Gasteiger partial charge in [0, 0.05) is 46.1 Å². The summed E-state index contributed by atoms with van der Waals surface area (Å²) in [5, 5.41) is 18.7. The number of aromatic nitrogens is 3. The van der Waals surface area contributed by atoms with E-state index >= 15 is 0 Å². The summed E-state index contributed by atoms with van der Waals surface area (Å²) < 4.78 is 24.5. The maximum atomic E-state index is 13.4. The quantitative estimate of drug-likeness (QED) is 0.0839. The lowest BCUT2D eigenvalue weighted by atomic mass is 9.78. The summed E-state index contributed by atoms with van der Waals surface area (Å²) in [4.78, 5) is 72.2. The number of carbonyl (C=O) groups excluding carboxylic acids is 5. The molecule has 17 nitrogen and oxygen atoms in total. The Kier molecular flexibility index (Phi) is 14.8. The van der Waals surface area contributed by atoms with Gasteiger partial charge in [0.2, 0.25) is 23.6 Å². The van der Waals surface area contributed by atoms with Gasteiger partial charge < -0.3 is 34.5 Å². The summed E-state index contributed by atoms with van der Waals surface area (Å²) in [6.07, 6.45) is 1.64. The predicted molar refractivity (Wildman–Crippen MR) is 241 cm³/mol. The average Bonchev–Trinajstić information content (AvgIpc) is 3.88. The molecule has 1 aliphatic carbocycles. The van der Waals surface area contributed by atoms with E-state index in [0.29, 0.717) is 102 Å². The number of aryl methyl sites for hydroxylation is 2. The number of piperidine rings is 1. The van der Waals surface area contributed by atoms with Crippen molar-refractivity contribution in [2.24, 2.45) is 4.99 Å². The fourth-order valence-electron chi connectivity index (χ4n) is 8.98. The SMILES string of the molecule is Cc1sc2c(c1C)C(c1ccc(Cl)cc1)=N[C@@H](CC(=O)NCCOCCOCCOCCOCCNC(=O)C1CCC3c4c(cccc41)C(=O)N3C1CCC(=O)NC1=O)c1nnc(C)n1-2. The van der Waals surface area contributed by atoms with E-state index in [1.165, 1.54) is 4.88 Å². The Bertz CT molecular complexity index is 2470. The van der Waals surface area contributed by atoms with Crippen molar-refractivity contribution in [3.63, 3.8) is 0 Å². The number of nitrogens with zero attached hydrogens (tertiary/aromatic N) is 5. The number of ether oxygens (including phenoxy) is 4. The largest absolute Gasteiger partial charge is 0.377 e. The minimum Gasteiger partial charge on any atom is -0.377 e. The smallest absolute Gasteiger partial charge is 0.255 e. The van der Waals surface area contributed by atoms with Gasteiger partial charge in [-0.15, -0.1) is 21.5 Å². The zero-order chi connectivity index (χ0) is 45.6. The number of imide groups is 1. The maximum Gasteiger partial charge on any atom is 0.255 e. The first-order valence-electron chi connectivity index (χ1n) is 22.0. The molecule has 3 aliphatic heterocycles. The lowest BCUT2D eigenvalue weighted by Crippen LogP contribution is -2.53. The zero-order valence-corrected chi connectivity index (χ0v) is 38.2. The van der Waals surface area contributed by atoms with E-state index in [1.807, 2.05) is 41.8 Å². The van der Waals surface area contributed by atoms with Crippen molar-refractivity contribution in [1.82, 2.24) is 35.6 Å². The van der Waals surface area contributed by atoms with Crippen LogP contribution in [0.4, 0.5) is 0 Å². The molecule has 2 aromatic heterocycles. The normalized spacial score (nSPS) is 19.8. The number of carbonyl (C=O) groups is 5. The summed E-state index contributed by atoms with van der Waals surface area (Å²) in [5.74, 6) is -0.387. The molecule has 5 heterocycles. The predicted octanol–water partition coefficient (Wildman–Crippen LogP) is 4.37. The highest BCUT2D eigenvalue weighted by Crippen LogP contribution is 2.48. The second-order valence-electron chi connectivity index (χ2n) is 16.3. The lowest BCUT2D eigenvalue weighted by molar-refractivity contribution is -0.137. The Morgan fingerprint density at radius 3 is 2.20 bits per heavy atom. The highest BCUT2D eigenvalue weighted by Gasteiger charge is 2.48. The van der Waals surface area contributed by atoms with Crippen LogP contribution in [0.1, 0.15) is 105 Å². The second kappa shape index (κ2) is 20.9. The number of nitrogens with one attached hydrogen (secondary N) is 3. The molecule has 19 heteroatoms. The van der Waals surface area contributed by atoms with E-state index in [4.69, 9.17) is 35.5 Å². The highest BCUT2D eigenvalue weighted by molar-refractivity contribution is 7.15. The molecule has 0 radical (unpaired) electrons. The van der Waals surface area contributed by atoms with Crippen LogP contribution in [0.3, 0.4) is 0 Å². The van der Waals surface area contributed by atoms with Crippen molar-refractivity contribution in [3.05, 3.63) is 97.4 Å². The van der Waals surface area contributed by atoms with E-state index in [0.717, 1.165) is 44.4 Å². The summed E-state index contributed by atoms with van der Waals surface area (Å²) in [7, 11) is 0. The number of rotatable bonds is 20. The molecule has 0 bridgehead atoms. The van der Waals surface area contributed by atoms with Gasteiger partial charge in [0.25, 0.3) is 5.91 Å². The van der Waals surface area contributed by atoms with Crippen LogP contribution in [0.5, 0.6) is 0 Å². The lowest BCUT2D eigenvalue weighted by Gasteiger charge is -2.37. The number of aliphatic imine (C=N–C) groups is 1. The molecular formula is C46H53ClN8O9S. The summed E-state index contributed by atoms with van der Waals surface area (Å²) in [6.45, 7) is 9.58. The monoisotopic (exact) mass is 928 g/mol. The third-order valence-corrected chi connectivity index (χ3v) is 13.7.